The predicted molar refractivity (Wildman–Crippen MR) is 73.4 cm³/mol. The molecule has 0 radical (unpaired) electrons. The van der Waals surface area contributed by atoms with Crippen LogP contribution in [0, 0.1) is 0 Å². The zero-order valence-corrected chi connectivity index (χ0v) is 11.4. The molecule has 0 saturated heterocycles. The van der Waals surface area contributed by atoms with Crippen LogP contribution in [0.5, 0.6) is 0 Å². The van der Waals surface area contributed by atoms with Gasteiger partial charge in [-0.15, -0.1) is 0 Å². The maximum absolute atomic E-state index is 5.78. The molecule has 1 heterocycles. The lowest BCUT2D eigenvalue weighted by Crippen LogP contribution is -2.13. The lowest BCUT2D eigenvalue weighted by molar-refractivity contribution is 0.538. The molecule has 0 aliphatic carbocycles. The third-order valence-corrected chi connectivity index (χ3v) is 2.84. The van der Waals surface area contributed by atoms with Crippen LogP contribution < -0.4 is 5.73 Å². The zero-order valence-electron chi connectivity index (χ0n) is 11.4. The number of aryl methyl sites for hydroxylation is 1. The van der Waals surface area contributed by atoms with Crippen LogP contribution in [-0.4, -0.2) is 14.8 Å². The van der Waals surface area contributed by atoms with Gasteiger partial charge in [-0.3, -0.25) is 4.68 Å². The summed E-state index contributed by atoms with van der Waals surface area (Å²) >= 11 is 0. The highest BCUT2D eigenvalue weighted by atomic mass is 15.3. The molecule has 0 amide bonds. The van der Waals surface area contributed by atoms with Crippen LogP contribution >= 0.6 is 0 Å². The zero-order chi connectivity index (χ0) is 13.3. The summed E-state index contributed by atoms with van der Waals surface area (Å²) in [5.41, 5.74) is 7.70. The fraction of sp³-hybridized carbons (Fsp3) is 0.429. The molecule has 1 aromatic carbocycles. The fourth-order valence-corrected chi connectivity index (χ4v) is 1.77. The van der Waals surface area contributed by atoms with E-state index in [0.717, 1.165) is 29.3 Å². The van der Waals surface area contributed by atoms with E-state index in [1.807, 2.05) is 29.9 Å². The van der Waals surface area contributed by atoms with Crippen molar-refractivity contribution in [2.75, 3.05) is 5.73 Å². The van der Waals surface area contributed by atoms with Gasteiger partial charge >= 0.3 is 0 Å². The van der Waals surface area contributed by atoms with Crippen molar-refractivity contribution in [3.8, 4) is 0 Å². The van der Waals surface area contributed by atoms with Gasteiger partial charge in [-0.2, -0.15) is 5.10 Å². The fourth-order valence-electron chi connectivity index (χ4n) is 1.77. The van der Waals surface area contributed by atoms with Gasteiger partial charge in [-0.25, -0.2) is 4.98 Å². The lowest BCUT2D eigenvalue weighted by atomic mass is 9.96. The Morgan fingerprint density at radius 1 is 1.28 bits per heavy atom. The molecule has 0 aliphatic heterocycles. The minimum absolute atomic E-state index is 0.0221. The second-order valence-electron chi connectivity index (χ2n) is 5.65. The van der Waals surface area contributed by atoms with E-state index in [1.165, 1.54) is 0 Å². The molecule has 0 atom stereocenters. The molecule has 2 aromatic rings. The van der Waals surface area contributed by atoms with Crippen LogP contribution in [0.3, 0.4) is 0 Å². The molecule has 0 saturated carbocycles. The van der Waals surface area contributed by atoms with Gasteiger partial charge in [0.05, 0.1) is 0 Å². The van der Waals surface area contributed by atoms with E-state index in [-0.39, 0.29) is 5.41 Å². The van der Waals surface area contributed by atoms with Gasteiger partial charge in [0.25, 0.3) is 0 Å². The van der Waals surface area contributed by atoms with Crippen molar-refractivity contribution in [2.24, 2.45) is 7.05 Å². The molecular weight excluding hydrogens is 224 g/mol. The first-order chi connectivity index (χ1) is 8.36. The van der Waals surface area contributed by atoms with Crippen molar-refractivity contribution in [3.63, 3.8) is 0 Å². The van der Waals surface area contributed by atoms with E-state index in [9.17, 15) is 0 Å². The van der Waals surface area contributed by atoms with Gasteiger partial charge in [0.15, 0.2) is 5.82 Å². The molecule has 4 heteroatoms. The number of hydrogen-bond donors (Lipinski definition) is 1. The normalized spacial score (nSPS) is 11.8. The SMILES string of the molecule is Cn1nc(C(C)(C)C)nc1Cc1cccc(N)c1. The summed E-state index contributed by atoms with van der Waals surface area (Å²) in [6, 6.07) is 7.89. The molecule has 0 bridgehead atoms. The van der Waals surface area contributed by atoms with Gasteiger partial charge in [-0.05, 0) is 17.7 Å². The van der Waals surface area contributed by atoms with E-state index in [4.69, 9.17) is 5.73 Å². The first-order valence-electron chi connectivity index (χ1n) is 6.11. The number of hydrogen-bond acceptors (Lipinski definition) is 3. The molecule has 2 N–H and O–H groups in total. The minimum atomic E-state index is -0.0221. The first-order valence-corrected chi connectivity index (χ1v) is 6.11. The quantitative estimate of drug-likeness (QED) is 0.825. The number of benzene rings is 1. The lowest BCUT2D eigenvalue weighted by Gasteiger charge is -2.12. The van der Waals surface area contributed by atoms with Crippen molar-refractivity contribution in [3.05, 3.63) is 41.5 Å². The Bertz CT molecular complexity index is 549. The minimum Gasteiger partial charge on any atom is -0.399 e. The van der Waals surface area contributed by atoms with Crippen molar-refractivity contribution in [2.45, 2.75) is 32.6 Å². The van der Waals surface area contributed by atoms with Gasteiger partial charge < -0.3 is 5.73 Å². The average molecular weight is 244 g/mol. The second kappa shape index (κ2) is 4.44. The Balaban J connectivity index is 2.27. The highest BCUT2D eigenvalue weighted by Gasteiger charge is 2.20. The summed E-state index contributed by atoms with van der Waals surface area (Å²) in [5.74, 6) is 1.84. The Kier molecular flexibility index (Phi) is 3.11. The number of aromatic nitrogens is 3. The van der Waals surface area contributed by atoms with E-state index in [0.29, 0.717) is 0 Å². The third-order valence-electron chi connectivity index (χ3n) is 2.84. The smallest absolute Gasteiger partial charge is 0.156 e. The van der Waals surface area contributed by atoms with Crippen molar-refractivity contribution < 1.29 is 0 Å². The number of nitrogen functional groups attached to an aromatic ring is 1. The molecule has 0 unspecified atom stereocenters. The van der Waals surface area contributed by atoms with Crippen LogP contribution in [-0.2, 0) is 18.9 Å². The molecule has 4 nitrogen and oxygen atoms in total. The molecule has 96 valence electrons. The predicted octanol–water partition coefficient (Wildman–Crippen LogP) is 2.29. The number of anilines is 1. The van der Waals surface area contributed by atoms with Crippen molar-refractivity contribution in [1.82, 2.24) is 14.8 Å². The van der Waals surface area contributed by atoms with Crippen LogP contribution in [0.2, 0.25) is 0 Å². The summed E-state index contributed by atoms with van der Waals surface area (Å²) < 4.78 is 1.85. The molecule has 0 spiro atoms. The largest absolute Gasteiger partial charge is 0.399 e. The Labute approximate surface area is 108 Å². The number of nitrogens with zero attached hydrogens (tertiary/aromatic N) is 3. The van der Waals surface area contributed by atoms with E-state index < -0.39 is 0 Å². The first kappa shape index (κ1) is 12.6. The molecule has 1 aromatic heterocycles. The molecule has 0 aliphatic rings. The molecular formula is C14H20N4. The number of rotatable bonds is 2. The molecule has 2 rings (SSSR count). The Hall–Kier alpha value is -1.84. The highest BCUT2D eigenvalue weighted by molar-refractivity contribution is 5.41. The summed E-state index contributed by atoms with van der Waals surface area (Å²) in [7, 11) is 1.93. The third kappa shape index (κ3) is 2.70. The van der Waals surface area contributed by atoms with Crippen LogP contribution in [0.4, 0.5) is 5.69 Å². The van der Waals surface area contributed by atoms with Gasteiger partial charge in [0, 0.05) is 24.6 Å². The van der Waals surface area contributed by atoms with E-state index in [1.54, 1.807) is 0 Å². The Morgan fingerprint density at radius 2 is 2.00 bits per heavy atom. The van der Waals surface area contributed by atoms with E-state index >= 15 is 0 Å². The standard InChI is InChI=1S/C14H20N4/c1-14(2,3)13-16-12(18(4)17-13)9-10-6-5-7-11(15)8-10/h5-8H,9,15H2,1-4H3. The molecule has 0 fully saturated rings. The van der Waals surface area contributed by atoms with Gasteiger partial charge in [0.1, 0.15) is 5.82 Å². The second-order valence-corrected chi connectivity index (χ2v) is 5.65. The highest BCUT2D eigenvalue weighted by Crippen LogP contribution is 2.19. The van der Waals surface area contributed by atoms with Crippen LogP contribution in [0.15, 0.2) is 24.3 Å². The summed E-state index contributed by atoms with van der Waals surface area (Å²) in [6.45, 7) is 6.35. The topological polar surface area (TPSA) is 56.7 Å². The number of nitrogens with two attached hydrogens (primary N) is 1. The van der Waals surface area contributed by atoms with Gasteiger partial charge in [0.2, 0.25) is 0 Å². The summed E-state index contributed by atoms with van der Waals surface area (Å²) in [5, 5.41) is 4.47. The van der Waals surface area contributed by atoms with Crippen LogP contribution in [0.25, 0.3) is 0 Å². The van der Waals surface area contributed by atoms with E-state index in [2.05, 4.69) is 36.9 Å². The Morgan fingerprint density at radius 3 is 2.56 bits per heavy atom. The average Bonchev–Trinajstić information content (AvgIpc) is 2.60. The maximum atomic E-state index is 5.78. The molecule has 18 heavy (non-hydrogen) atoms. The van der Waals surface area contributed by atoms with Gasteiger partial charge in [-0.1, -0.05) is 32.9 Å². The van der Waals surface area contributed by atoms with Crippen molar-refractivity contribution >= 4 is 5.69 Å². The summed E-state index contributed by atoms with van der Waals surface area (Å²) in [6.07, 6.45) is 0.755. The van der Waals surface area contributed by atoms with Crippen molar-refractivity contribution in [1.29, 1.82) is 0 Å². The maximum Gasteiger partial charge on any atom is 0.156 e. The van der Waals surface area contributed by atoms with Crippen LogP contribution in [0.1, 0.15) is 38.0 Å². The summed E-state index contributed by atoms with van der Waals surface area (Å²) in [4.78, 5) is 4.62. The monoisotopic (exact) mass is 244 g/mol.